The van der Waals surface area contributed by atoms with Crippen molar-refractivity contribution in [3.8, 4) is 11.5 Å². The summed E-state index contributed by atoms with van der Waals surface area (Å²) in [5.41, 5.74) is 0.199. The molecule has 88 valence electrons. The summed E-state index contributed by atoms with van der Waals surface area (Å²) in [7, 11) is 1.50. The molecule has 0 aliphatic rings. The van der Waals surface area contributed by atoms with Crippen LogP contribution in [0.4, 0.5) is 0 Å². The van der Waals surface area contributed by atoms with Gasteiger partial charge in [-0.15, -0.1) is 0 Å². The van der Waals surface area contributed by atoms with Crippen molar-refractivity contribution >= 4 is 28.6 Å². The van der Waals surface area contributed by atoms with Crippen LogP contribution in [0.25, 0.3) is 0 Å². The van der Waals surface area contributed by atoms with Crippen molar-refractivity contribution in [2.75, 3.05) is 13.7 Å². The van der Waals surface area contributed by atoms with Crippen LogP contribution in [0.3, 0.4) is 0 Å². The van der Waals surface area contributed by atoms with Crippen LogP contribution in [0, 0.1) is 3.57 Å². The lowest BCUT2D eigenvalue weighted by Gasteiger charge is -2.12. The predicted molar refractivity (Wildman–Crippen MR) is 68.5 cm³/mol. The van der Waals surface area contributed by atoms with Gasteiger partial charge in [0.15, 0.2) is 11.5 Å². The predicted octanol–water partition coefficient (Wildman–Crippen LogP) is 2.79. The lowest BCUT2D eigenvalue weighted by Crippen LogP contribution is -2.03. The van der Waals surface area contributed by atoms with Crippen LogP contribution in [-0.2, 0) is 0 Å². The quantitative estimate of drug-likeness (QED) is 0.840. The highest BCUT2D eigenvalue weighted by atomic mass is 127. The summed E-state index contributed by atoms with van der Waals surface area (Å²) < 4.78 is 11.4. The van der Waals surface area contributed by atoms with Gasteiger partial charge in [-0.25, -0.2) is 4.79 Å². The number of ether oxygens (including phenoxy) is 2. The summed E-state index contributed by atoms with van der Waals surface area (Å²) in [5, 5.41) is 8.90. The zero-order valence-corrected chi connectivity index (χ0v) is 11.3. The fraction of sp³-hybridized carbons (Fsp3) is 0.364. The molecule has 0 amide bonds. The molecule has 16 heavy (non-hydrogen) atoms. The van der Waals surface area contributed by atoms with Crippen molar-refractivity contribution < 1.29 is 19.4 Å². The molecule has 1 aromatic carbocycles. The van der Waals surface area contributed by atoms with Crippen molar-refractivity contribution in [3.63, 3.8) is 0 Å². The number of halogens is 1. The first-order chi connectivity index (χ1) is 7.60. The highest BCUT2D eigenvalue weighted by Gasteiger charge is 2.14. The number of methoxy groups -OCH3 is 1. The standard InChI is InChI=1S/C11H13IO4/c1-3-4-16-10-8(12)5-7(11(13)14)6-9(10)15-2/h5-6H,3-4H2,1-2H3,(H,13,14). The first-order valence-corrected chi connectivity index (χ1v) is 5.91. The average molecular weight is 336 g/mol. The number of carboxylic acids is 1. The van der Waals surface area contributed by atoms with Crippen LogP contribution in [0.2, 0.25) is 0 Å². The average Bonchev–Trinajstić information content (AvgIpc) is 2.26. The number of carboxylic acid groups (broad SMARTS) is 1. The van der Waals surface area contributed by atoms with Gasteiger partial charge >= 0.3 is 5.97 Å². The van der Waals surface area contributed by atoms with Gasteiger partial charge in [-0.05, 0) is 41.1 Å². The second-order valence-electron chi connectivity index (χ2n) is 3.14. The highest BCUT2D eigenvalue weighted by molar-refractivity contribution is 14.1. The van der Waals surface area contributed by atoms with E-state index in [2.05, 4.69) is 0 Å². The van der Waals surface area contributed by atoms with Gasteiger partial charge in [0.05, 0.1) is 22.9 Å². The van der Waals surface area contributed by atoms with Crippen LogP contribution in [0.5, 0.6) is 11.5 Å². The minimum atomic E-state index is -0.974. The summed E-state index contributed by atoms with van der Waals surface area (Å²) >= 11 is 2.04. The first-order valence-electron chi connectivity index (χ1n) is 4.83. The van der Waals surface area contributed by atoms with E-state index in [1.54, 1.807) is 6.07 Å². The molecule has 0 bridgehead atoms. The van der Waals surface area contributed by atoms with Gasteiger partial charge in [-0.3, -0.25) is 0 Å². The molecule has 0 aliphatic heterocycles. The molecule has 5 heteroatoms. The number of benzene rings is 1. The first kappa shape index (κ1) is 13.1. The maximum absolute atomic E-state index is 10.8. The van der Waals surface area contributed by atoms with Crippen LogP contribution in [0.1, 0.15) is 23.7 Å². The van der Waals surface area contributed by atoms with Gasteiger partial charge < -0.3 is 14.6 Å². The van der Waals surface area contributed by atoms with Gasteiger partial charge in [0.2, 0.25) is 0 Å². The number of aromatic carboxylic acids is 1. The van der Waals surface area contributed by atoms with Gasteiger partial charge in [0.25, 0.3) is 0 Å². The second kappa shape index (κ2) is 5.93. The Morgan fingerprint density at radius 2 is 2.19 bits per heavy atom. The van der Waals surface area contributed by atoms with Gasteiger partial charge in [-0.1, -0.05) is 6.92 Å². The minimum Gasteiger partial charge on any atom is -0.493 e. The van der Waals surface area contributed by atoms with Crippen LogP contribution in [-0.4, -0.2) is 24.8 Å². The second-order valence-corrected chi connectivity index (χ2v) is 4.31. The third-order valence-electron chi connectivity index (χ3n) is 1.93. The summed E-state index contributed by atoms with van der Waals surface area (Å²) in [5.74, 6) is 0.0888. The topological polar surface area (TPSA) is 55.8 Å². The van der Waals surface area contributed by atoms with E-state index in [4.69, 9.17) is 14.6 Å². The number of carbonyl (C=O) groups is 1. The minimum absolute atomic E-state index is 0.199. The Labute approximate surface area is 108 Å². The summed E-state index contributed by atoms with van der Waals surface area (Å²) in [6.45, 7) is 2.59. The zero-order valence-electron chi connectivity index (χ0n) is 9.12. The summed E-state index contributed by atoms with van der Waals surface area (Å²) in [4.78, 5) is 10.8. The Bertz CT molecular complexity index is 390. The molecule has 0 saturated heterocycles. The van der Waals surface area contributed by atoms with Gasteiger partial charge in [0, 0.05) is 0 Å². The fourth-order valence-electron chi connectivity index (χ4n) is 1.19. The molecule has 1 aromatic rings. The van der Waals surface area contributed by atoms with Crippen molar-refractivity contribution in [2.24, 2.45) is 0 Å². The number of hydrogen-bond acceptors (Lipinski definition) is 3. The smallest absolute Gasteiger partial charge is 0.335 e. The molecular weight excluding hydrogens is 323 g/mol. The summed E-state index contributed by atoms with van der Waals surface area (Å²) in [6, 6.07) is 3.03. The van der Waals surface area contributed by atoms with Crippen molar-refractivity contribution in [1.29, 1.82) is 0 Å². The van der Waals surface area contributed by atoms with Crippen LogP contribution in [0.15, 0.2) is 12.1 Å². The van der Waals surface area contributed by atoms with Crippen molar-refractivity contribution in [3.05, 3.63) is 21.3 Å². The largest absolute Gasteiger partial charge is 0.493 e. The zero-order chi connectivity index (χ0) is 12.1. The molecule has 0 aliphatic carbocycles. The lowest BCUT2D eigenvalue weighted by molar-refractivity contribution is 0.0696. The molecule has 0 radical (unpaired) electrons. The fourth-order valence-corrected chi connectivity index (χ4v) is 1.94. The Kier molecular flexibility index (Phi) is 4.85. The maximum Gasteiger partial charge on any atom is 0.335 e. The normalized spacial score (nSPS) is 9.94. The molecule has 4 nitrogen and oxygen atoms in total. The molecule has 1 rings (SSSR count). The van der Waals surface area contributed by atoms with Gasteiger partial charge in [-0.2, -0.15) is 0 Å². The molecule has 0 unspecified atom stereocenters. The number of rotatable bonds is 5. The SMILES string of the molecule is CCCOc1c(I)cc(C(=O)O)cc1OC. The maximum atomic E-state index is 10.8. The monoisotopic (exact) mass is 336 g/mol. The molecular formula is C11H13IO4. The highest BCUT2D eigenvalue weighted by Crippen LogP contribution is 2.34. The van der Waals surface area contributed by atoms with E-state index in [9.17, 15) is 4.79 Å². The molecule has 0 aromatic heterocycles. The van der Waals surface area contributed by atoms with Crippen molar-refractivity contribution in [2.45, 2.75) is 13.3 Å². The third kappa shape index (κ3) is 3.01. The summed E-state index contributed by atoms with van der Waals surface area (Å²) in [6.07, 6.45) is 0.889. The van der Waals surface area contributed by atoms with E-state index in [1.165, 1.54) is 13.2 Å². The van der Waals surface area contributed by atoms with E-state index in [0.717, 1.165) is 9.99 Å². The molecule has 0 fully saturated rings. The molecule has 0 atom stereocenters. The molecule has 0 spiro atoms. The lowest BCUT2D eigenvalue weighted by atomic mass is 10.2. The van der Waals surface area contributed by atoms with E-state index >= 15 is 0 Å². The molecule has 1 N–H and O–H groups in total. The van der Waals surface area contributed by atoms with Gasteiger partial charge in [0.1, 0.15) is 0 Å². The number of hydrogen-bond donors (Lipinski definition) is 1. The Morgan fingerprint density at radius 1 is 1.50 bits per heavy atom. The Morgan fingerprint density at radius 3 is 2.69 bits per heavy atom. The van der Waals surface area contributed by atoms with Crippen LogP contribution < -0.4 is 9.47 Å². The molecule has 0 saturated carbocycles. The van der Waals surface area contributed by atoms with Crippen molar-refractivity contribution in [1.82, 2.24) is 0 Å². The Balaban J connectivity index is 3.12. The third-order valence-corrected chi connectivity index (χ3v) is 2.73. The molecule has 0 heterocycles. The van der Waals surface area contributed by atoms with E-state index in [-0.39, 0.29) is 5.56 Å². The van der Waals surface area contributed by atoms with E-state index < -0.39 is 5.97 Å². The Hall–Kier alpha value is -0.980. The van der Waals surface area contributed by atoms with E-state index in [1.807, 2.05) is 29.5 Å². The van der Waals surface area contributed by atoms with E-state index in [0.29, 0.717) is 18.1 Å². The van der Waals surface area contributed by atoms with Crippen LogP contribution >= 0.6 is 22.6 Å².